The second-order valence-corrected chi connectivity index (χ2v) is 5.99. The third kappa shape index (κ3) is 4.38. The van der Waals surface area contributed by atoms with Crippen molar-refractivity contribution in [3.63, 3.8) is 0 Å². The molecule has 0 atom stereocenters. The van der Waals surface area contributed by atoms with Crippen LogP contribution in [-0.4, -0.2) is 31.3 Å². The number of aryl methyl sites for hydroxylation is 1. The standard InChI is InChI=1S/C13H19BrN6O/c1-10(2)9-20-13(21)12(14)11(8-17-20)15-4-3-6-19-7-5-16-18-19/h5,7-8,10,15H,3-4,6,9H2,1-2H3. The van der Waals surface area contributed by atoms with E-state index in [-0.39, 0.29) is 5.56 Å². The molecule has 0 aliphatic heterocycles. The quantitative estimate of drug-likeness (QED) is 0.766. The van der Waals surface area contributed by atoms with Crippen LogP contribution in [0.3, 0.4) is 0 Å². The van der Waals surface area contributed by atoms with E-state index in [1.807, 2.05) is 6.20 Å². The fraction of sp³-hybridized carbons (Fsp3) is 0.538. The van der Waals surface area contributed by atoms with E-state index in [0.29, 0.717) is 16.9 Å². The van der Waals surface area contributed by atoms with Crippen LogP contribution in [0.15, 0.2) is 27.9 Å². The molecule has 7 nitrogen and oxygen atoms in total. The van der Waals surface area contributed by atoms with Gasteiger partial charge in [0.05, 0.1) is 18.1 Å². The maximum Gasteiger partial charge on any atom is 0.283 e. The van der Waals surface area contributed by atoms with Crippen molar-refractivity contribution in [3.05, 3.63) is 33.4 Å². The van der Waals surface area contributed by atoms with Gasteiger partial charge in [-0.2, -0.15) is 5.10 Å². The average Bonchev–Trinajstić information content (AvgIpc) is 2.95. The summed E-state index contributed by atoms with van der Waals surface area (Å²) in [7, 11) is 0. The van der Waals surface area contributed by atoms with Gasteiger partial charge in [0.2, 0.25) is 0 Å². The number of halogens is 1. The molecule has 0 bridgehead atoms. The summed E-state index contributed by atoms with van der Waals surface area (Å²) >= 11 is 3.35. The van der Waals surface area contributed by atoms with Gasteiger partial charge in [-0.25, -0.2) is 4.68 Å². The Balaban J connectivity index is 1.91. The van der Waals surface area contributed by atoms with E-state index in [2.05, 4.69) is 50.5 Å². The summed E-state index contributed by atoms with van der Waals surface area (Å²) in [6.45, 7) is 6.23. The van der Waals surface area contributed by atoms with Crippen molar-refractivity contribution in [2.75, 3.05) is 11.9 Å². The summed E-state index contributed by atoms with van der Waals surface area (Å²) < 4.78 is 3.78. The maximum atomic E-state index is 12.1. The number of nitrogens with one attached hydrogen (secondary N) is 1. The first-order chi connectivity index (χ1) is 10.1. The fourth-order valence-corrected chi connectivity index (χ4v) is 2.33. The van der Waals surface area contributed by atoms with Gasteiger partial charge in [0.1, 0.15) is 4.47 Å². The summed E-state index contributed by atoms with van der Waals surface area (Å²) in [4.78, 5) is 12.1. The van der Waals surface area contributed by atoms with Gasteiger partial charge in [0.15, 0.2) is 0 Å². The summed E-state index contributed by atoms with van der Waals surface area (Å²) in [6.07, 6.45) is 6.04. The van der Waals surface area contributed by atoms with Crippen molar-refractivity contribution in [1.82, 2.24) is 24.8 Å². The number of aromatic nitrogens is 5. The van der Waals surface area contributed by atoms with E-state index in [1.54, 1.807) is 17.1 Å². The monoisotopic (exact) mass is 354 g/mol. The molecule has 0 aliphatic rings. The van der Waals surface area contributed by atoms with E-state index in [9.17, 15) is 4.79 Å². The van der Waals surface area contributed by atoms with Gasteiger partial charge in [0, 0.05) is 25.8 Å². The molecule has 0 fully saturated rings. The summed E-state index contributed by atoms with van der Waals surface area (Å²) in [5.41, 5.74) is 0.614. The van der Waals surface area contributed by atoms with Crippen LogP contribution in [0.1, 0.15) is 20.3 Å². The molecule has 2 heterocycles. The highest BCUT2D eigenvalue weighted by atomic mass is 79.9. The minimum Gasteiger partial charge on any atom is -0.383 e. The molecule has 2 aromatic heterocycles. The van der Waals surface area contributed by atoms with E-state index in [1.165, 1.54) is 4.68 Å². The predicted molar refractivity (Wildman–Crippen MR) is 84.2 cm³/mol. The van der Waals surface area contributed by atoms with E-state index >= 15 is 0 Å². The molecule has 0 amide bonds. The number of rotatable bonds is 7. The Hall–Kier alpha value is -1.70. The minimum absolute atomic E-state index is 0.107. The molecule has 0 radical (unpaired) electrons. The van der Waals surface area contributed by atoms with Crippen molar-refractivity contribution in [2.24, 2.45) is 5.92 Å². The average molecular weight is 355 g/mol. The van der Waals surface area contributed by atoms with Gasteiger partial charge in [-0.1, -0.05) is 19.1 Å². The first-order valence-corrected chi connectivity index (χ1v) is 7.71. The minimum atomic E-state index is -0.107. The van der Waals surface area contributed by atoms with Crippen LogP contribution in [0.5, 0.6) is 0 Å². The van der Waals surface area contributed by atoms with Crippen LogP contribution in [0.25, 0.3) is 0 Å². The molecule has 114 valence electrons. The van der Waals surface area contributed by atoms with E-state index in [4.69, 9.17) is 0 Å². The van der Waals surface area contributed by atoms with Crippen molar-refractivity contribution >= 4 is 21.6 Å². The zero-order chi connectivity index (χ0) is 15.2. The second-order valence-electron chi connectivity index (χ2n) is 5.20. The van der Waals surface area contributed by atoms with Gasteiger partial charge in [-0.15, -0.1) is 5.10 Å². The zero-order valence-corrected chi connectivity index (χ0v) is 13.7. The molecular formula is C13H19BrN6O. The second kappa shape index (κ2) is 7.35. The molecule has 2 aromatic rings. The third-order valence-corrected chi connectivity index (χ3v) is 3.64. The number of hydrogen-bond acceptors (Lipinski definition) is 5. The molecule has 8 heteroatoms. The van der Waals surface area contributed by atoms with Crippen molar-refractivity contribution in [2.45, 2.75) is 33.4 Å². The van der Waals surface area contributed by atoms with E-state index < -0.39 is 0 Å². The molecular weight excluding hydrogens is 336 g/mol. The largest absolute Gasteiger partial charge is 0.383 e. The predicted octanol–water partition coefficient (Wildman–Crippen LogP) is 1.76. The lowest BCUT2D eigenvalue weighted by atomic mass is 10.2. The highest BCUT2D eigenvalue weighted by Crippen LogP contribution is 2.16. The first-order valence-electron chi connectivity index (χ1n) is 6.91. The Morgan fingerprint density at radius 3 is 2.90 bits per heavy atom. The molecule has 0 saturated heterocycles. The Morgan fingerprint density at radius 2 is 2.24 bits per heavy atom. The molecule has 21 heavy (non-hydrogen) atoms. The van der Waals surface area contributed by atoms with Gasteiger partial charge in [0.25, 0.3) is 5.56 Å². The van der Waals surface area contributed by atoms with E-state index in [0.717, 1.165) is 25.2 Å². The number of anilines is 1. The van der Waals surface area contributed by atoms with Gasteiger partial charge < -0.3 is 5.32 Å². The lowest BCUT2D eigenvalue weighted by Crippen LogP contribution is -2.26. The molecule has 0 unspecified atom stereocenters. The smallest absolute Gasteiger partial charge is 0.283 e. The Kier molecular flexibility index (Phi) is 5.49. The van der Waals surface area contributed by atoms with Crippen LogP contribution in [0.2, 0.25) is 0 Å². The Bertz CT molecular complexity index is 622. The molecule has 1 N–H and O–H groups in total. The lowest BCUT2D eigenvalue weighted by molar-refractivity contribution is 0.462. The lowest BCUT2D eigenvalue weighted by Gasteiger charge is -2.11. The topological polar surface area (TPSA) is 77.6 Å². The highest BCUT2D eigenvalue weighted by Gasteiger charge is 2.09. The molecule has 0 aliphatic carbocycles. The zero-order valence-electron chi connectivity index (χ0n) is 12.2. The number of hydrogen-bond donors (Lipinski definition) is 1. The molecule has 0 saturated carbocycles. The summed E-state index contributed by atoms with van der Waals surface area (Å²) in [5, 5.41) is 15.0. The Labute approximate surface area is 131 Å². The first kappa shape index (κ1) is 15.7. The Morgan fingerprint density at radius 1 is 1.43 bits per heavy atom. The van der Waals surface area contributed by atoms with Crippen molar-refractivity contribution < 1.29 is 0 Å². The maximum absolute atomic E-state index is 12.1. The van der Waals surface area contributed by atoms with Crippen LogP contribution in [0, 0.1) is 5.92 Å². The van der Waals surface area contributed by atoms with Crippen molar-refractivity contribution in [1.29, 1.82) is 0 Å². The van der Waals surface area contributed by atoms with Crippen LogP contribution >= 0.6 is 15.9 Å². The van der Waals surface area contributed by atoms with Gasteiger partial charge in [-0.3, -0.25) is 9.48 Å². The van der Waals surface area contributed by atoms with Crippen LogP contribution in [-0.2, 0) is 13.1 Å². The normalized spacial score (nSPS) is 11.0. The van der Waals surface area contributed by atoms with Gasteiger partial charge >= 0.3 is 0 Å². The molecule has 0 aromatic carbocycles. The van der Waals surface area contributed by atoms with Crippen molar-refractivity contribution in [3.8, 4) is 0 Å². The van der Waals surface area contributed by atoms with Crippen LogP contribution < -0.4 is 10.9 Å². The van der Waals surface area contributed by atoms with Gasteiger partial charge in [-0.05, 0) is 28.3 Å². The fourth-order valence-electron chi connectivity index (χ4n) is 1.88. The highest BCUT2D eigenvalue weighted by molar-refractivity contribution is 9.10. The summed E-state index contributed by atoms with van der Waals surface area (Å²) in [5.74, 6) is 0.378. The molecule has 2 rings (SSSR count). The summed E-state index contributed by atoms with van der Waals surface area (Å²) in [6, 6.07) is 0. The third-order valence-electron chi connectivity index (χ3n) is 2.87. The van der Waals surface area contributed by atoms with Crippen LogP contribution in [0.4, 0.5) is 5.69 Å². The number of nitrogens with zero attached hydrogens (tertiary/aromatic N) is 5. The SMILES string of the molecule is CC(C)Cn1ncc(NCCCn2ccnn2)c(Br)c1=O. The molecule has 0 spiro atoms.